The van der Waals surface area contributed by atoms with E-state index in [-0.39, 0.29) is 24.0 Å². The molecule has 0 atom stereocenters. The van der Waals surface area contributed by atoms with E-state index >= 15 is 0 Å². The molecule has 4 rings (SSSR count). The highest BCUT2D eigenvalue weighted by Crippen LogP contribution is 2.28. The van der Waals surface area contributed by atoms with Crippen LogP contribution in [0.2, 0.25) is 0 Å². The first-order valence-electron chi connectivity index (χ1n) is 11.9. The Morgan fingerprint density at radius 3 is 2.38 bits per heavy atom. The number of hydrogen-bond donors (Lipinski definition) is 1. The van der Waals surface area contributed by atoms with Gasteiger partial charge < -0.3 is 20.0 Å². The van der Waals surface area contributed by atoms with E-state index in [0.29, 0.717) is 11.8 Å². The van der Waals surface area contributed by atoms with Gasteiger partial charge in [-0.05, 0) is 31.9 Å². The van der Waals surface area contributed by atoms with Gasteiger partial charge in [0.15, 0.2) is 5.96 Å². The lowest BCUT2D eigenvalue weighted by Crippen LogP contribution is -2.53. The fourth-order valence-corrected chi connectivity index (χ4v) is 4.52. The number of carbonyl (C=O) groups is 1. The van der Waals surface area contributed by atoms with Crippen LogP contribution in [0.25, 0.3) is 0 Å². The number of pyridine rings is 1. The average molecular weight is 556 g/mol. The van der Waals surface area contributed by atoms with Gasteiger partial charge in [0.1, 0.15) is 5.82 Å². The molecule has 1 aliphatic carbocycles. The molecule has 3 aliphatic rings. The summed E-state index contributed by atoms with van der Waals surface area (Å²) >= 11 is 0. The van der Waals surface area contributed by atoms with Crippen molar-refractivity contribution in [1.29, 1.82) is 0 Å². The molecule has 3 fully saturated rings. The molecule has 0 unspecified atom stereocenters. The minimum atomic E-state index is 0. The van der Waals surface area contributed by atoms with Crippen LogP contribution in [0.1, 0.15) is 26.2 Å². The van der Waals surface area contributed by atoms with Crippen LogP contribution >= 0.6 is 24.0 Å². The van der Waals surface area contributed by atoms with Crippen molar-refractivity contribution in [3.05, 3.63) is 24.4 Å². The molecule has 0 bridgehead atoms. The van der Waals surface area contributed by atoms with Crippen LogP contribution in [0.5, 0.6) is 0 Å². The number of rotatable bonds is 6. The van der Waals surface area contributed by atoms with Crippen LogP contribution in [0.3, 0.4) is 0 Å². The van der Waals surface area contributed by atoms with Crippen LogP contribution in [0.15, 0.2) is 29.4 Å². The number of piperazine rings is 2. The Morgan fingerprint density at radius 2 is 1.78 bits per heavy atom. The first-order chi connectivity index (χ1) is 15.2. The molecule has 178 valence electrons. The zero-order valence-corrected chi connectivity index (χ0v) is 21.6. The molecule has 2 aliphatic heterocycles. The Kier molecular flexibility index (Phi) is 9.83. The molecule has 0 aromatic carbocycles. The number of carbonyl (C=O) groups excluding carboxylic acids is 1. The summed E-state index contributed by atoms with van der Waals surface area (Å²) in [4.78, 5) is 31.0. The fraction of sp³-hybridized carbons (Fsp3) is 0.696. The largest absolute Gasteiger partial charge is 0.357 e. The van der Waals surface area contributed by atoms with Gasteiger partial charge in [-0.2, -0.15) is 0 Å². The van der Waals surface area contributed by atoms with Crippen LogP contribution in [-0.4, -0.2) is 104 Å². The Balaban J connectivity index is 0.00000289. The third-order valence-corrected chi connectivity index (χ3v) is 6.70. The maximum absolute atomic E-state index is 12.4. The number of aliphatic imine (C=N–C) groups is 1. The molecule has 1 N–H and O–H groups in total. The van der Waals surface area contributed by atoms with Crippen molar-refractivity contribution in [2.75, 3.05) is 76.9 Å². The molecule has 9 heteroatoms. The van der Waals surface area contributed by atoms with E-state index in [1.807, 2.05) is 18.3 Å². The summed E-state index contributed by atoms with van der Waals surface area (Å²) in [5.41, 5.74) is 0. The number of nitrogens with one attached hydrogen (secondary N) is 1. The number of aromatic nitrogens is 1. The van der Waals surface area contributed by atoms with Gasteiger partial charge in [0.25, 0.3) is 0 Å². The Bertz CT molecular complexity index is 727. The van der Waals surface area contributed by atoms with Crippen LogP contribution < -0.4 is 10.2 Å². The van der Waals surface area contributed by atoms with Gasteiger partial charge in [0.2, 0.25) is 5.91 Å². The summed E-state index contributed by atoms with van der Waals surface area (Å²) in [7, 11) is 0. The molecule has 1 amide bonds. The van der Waals surface area contributed by atoms with E-state index in [1.165, 1.54) is 6.42 Å². The van der Waals surface area contributed by atoms with Crippen LogP contribution in [0.4, 0.5) is 5.82 Å². The standard InChI is InChI=1S/C23H37N7O.HI/c1-2-24-23(30-18-16-28(17-19-30)21-8-3-4-9-25-21)26-10-11-27-12-14-29(15-13-27)22(31)20-6-5-7-20;/h3-4,8-9,20H,2,5-7,10-19H2,1H3,(H,24,26);1H. The molecular formula is C23H38IN7O. The van der Waals surface area contributed by atoms with Gasteiger partial charge in [-0.25, -0.2) is 4.98 Å². The van der Waals surface area contributed by atoms with Gasteiger partial charge in [0.05, 0.1) is 6.54 Å². The molecular weight excluding hydrogens is 517 g/mol. The molecule has 0 radical (unpaired) electrons. The molecule has 2 saturated heterocycles. The van der Waals surface area contributed by atoms with E-state index < -0.39 is 0 Å². The summed E-state index contributed by atoms with van der Waals surface area (Å²) in [6, 6.07) is 6.08. The van der Waals surface area contributed by atoms with Gasteiger partial charge in [-0.15, -0.1) is 24.0 Å². The topological polar surface area (TPSA) is 67.3 Å². The maximum atomic E-state index is 12.4. The molecule has 8 nitrogen and oxygen atoms in total. The van der Waals surface area contributed by atoms with E-state index in [1.54, 1.807) is 0 Å². The quantitative estimate of drug-likeness (QED) is 0.328. The number of nitrogens with zero attached hydrogens (tertiary/aromatic N) is 6. The second-order valence-corrected chi connectivity index (χ2v) is 8.69. The molecule has 1 aromatic heterocycles. The second kappa shape index (κ2) is 12.6. The predicted molar refractivity (Wildman–Crippen MR) is 140 cm³/mol. The summed E-state index contributed by atoms with van der Waals surface area (Å²) in [5, 5.41) is 3.46. The van der Waals surface area contributed by atoms with Crippen molar-refractivity contribution >= 4 is 41.7 Å². The van der Waals surface area contributed by atoms with Gasteiger partial charge in [-0.1, -0.05) is 12.5 Å². The second-order valence-electron chi connectivity index (χ2n) is 8.69. The lowest BCUT2D eigenvalue weighted by Gasteiger charge is -2.38. The summed E-state index contributed by atoms with van der Waals surface area (Å²) in [6.07, 6.45) is 5.27. The smallest absolute Gasteiger partial charge is 0.225 e. The minimum absolute atomic E-state index is 0. The van der Waals surface area contributed by atoms with Crippen LogP contribution in [-0.2, 0) is 4.79 Å². The lowest BCUT2D eigenvalue weighted by molar-refractivity contribution is -0.139. The third-order valence-electron chi connectivity index (χ3n) is 6.70. The van der Waals surface area contributed by atoms with Gasteiger partial charge in [-0.3, -0.25) is 14.7 Å². The maximum Gasteiger partial charge on any atom is 0.225 e. The van der Waals surface area contributed by atoms with Crippen molar-refractivity contribution in [2.45, 2.75) is 26.2 Å². The van der Waals surface area contributed by atoms with Crippen LogP contribution in [0, 0.1) is 5.92 Å². The summed E-state index contributed by atoms with van der Waals surface area (Å²) in [6.45, 7) is 12.2. The zero-order chi connectivity index (χ0) is 21.5. The molecule has 0 spiro atoms. The summed E-state index contributed by atoms with van der Waals surface area (Å²) in [5.74, 6) is 2.78. The van der Waals surface area contributed by atoms with Crippen molar-refractivity contribution in [2.24, 2.45) is 10.9 Å². The molecule has 1 saturated carbocycles. The first-order valence-corrected chi connectivity index (χ1v) is 11.9. The third kappa shape index (κ3) is 6.46. The lowest BCUT2D eigenvalue weighted by atomic mass is 9.84. The monoisotopic (exact) mass is 555 g/mol. The Labute approximate surface area is 209 Å². The van der Waals surface area contributed by atoms with Crippen molar-refractivity contribution in [3.8, 4) is 0 Å². The van der Waals surface area contributed by atoms with E-state index in [4.69, 9.17) is 4.99 Å². The van der Waals surface area contributed by atoms with Gasteiger partial charge >= 0.3 is 0 Å². The SMILES string of the molecule is CCNC(=NCCN1CCN(C(=O)C2CCC2)CC1)N1CCN(c2ccccn2)CC1.I. The molecule has 32 heavy (non-hydrogen) atoms. The number of hydrogen-bond acceptors (Lipinski definition) is 5. The number of anilines is 1. The van der Waals surface area contributed by atoms with Gasteiger partial charge in [0, 0.05) is 77.6 Å². The zero-order valence-electron chi connectivity index (χ0n) is 19.3. The summed E-state index contributed by atoms with van der Waals surface area (Å²) < 4.78 is 0. The van der Waals surface area contributed by atoms with Crippen molar-refractivity contribution in [3.63, 3.8) is 0 Å². The van der Waals surface area contributed by atoms with E-state index in [2.05, 4.69) is 42.9 Å². The van der Waals surface area contributed by atoms with E-state index in [0.717, 1.165) is 96.6 Å². The highest BCUT2D eigenvalue weighted by molar-refractivity contribution is 14.0. The highest BCUT2D eigenvalue weighted by Gasteiger charge is 2.31. The van der Waals surface area contributed by atoms with Crippen molar-refractivity contribution in [1.82, 2.24) is 25.0 Å². The first kappa shape index (κ1) is 25.0. The number of amides is 1. The predicted octanol–water partition coefficient (Wildman–Crippen LogP) is 1.73. The fourth-order valence-electron chi connectivity index (χ4n) is 4.52. The normalized spacial score (nSPS) is 20.5. The highest BCUT2D eigenvalue weighted by atomic mass is 127. The average Bonchev–Trinajstić information content (AvgIpc) is 2.78. The Hall–Kier alpha value is -1.62. The Morgan fingerprint density at radius 1 is 1.06 bits per heavy atom. The molecule has 3 heterocycles. The van der Waals surface area contributed by atoms with E-state index in [9.17, 15) is 4.79 Å². The molecule has 1 aromatic rings. The number of guanidine groups is 1. The van der Waals surface area contributed by atoms with Crippen molar-refractivity contribution < 1.29 is 4.79 Å². The number of halogens is 1. The minimum Gasteiger partial charge on any atom is -0.357 e.